The number of hydrogen-bond donors (Lipinski definition) is 1. The second-order valence-corrected chi connectivity index (χ2v) is 7.74. The highest BCUT2D eigenvalue weighted by Crippen LogP contribution is 2.32. The first kappa shape index (κ1) is 18.3. The molecule has 1 fully saturated rings. The van der Waals surface area contributed by atoms with Gasteiger partial charge in [-0.05, 0) is 43.2 Å². The Hall–Kier alpha value is -3.74. The van der Waals surface area contributed by atoms with E-state index in [-0.39, 0.29) is 11.8 Å². The van der Waals surface area contributed by atoms with Gasteiger partial charge >= 0.3 is 0 Å². The lowest BCUT2D eigenvalue weighted by atomic mass is 10.1. The van der Waals surface area contributed by atoms with Gasteiger partial charge in [0.1, 0.15) is 5.69 Å². The Morgan fingerprint density at radius 1 is 1.07 bits per heavy atom. The molecule has 7 heteroatoms. The van der Waals surface area contributed by atoms with E-state index in [4.69, 9.17) is 4.52 Å². The topological polar surface area (TPSA) is 87.9 Å². The maximum Gasteiger partial charge on any atom is 0.275 e. The molecule has 150 valence electrons. The summed E-state index contributed by atoms with van der Waals surface area (Å²) in [6.45, 7) is 4.61. The van der Waals surface area contributed by atoms with Gasteiger partial charge < -0.3 is 9.42 Å². The van der Waals surface area contributed by atoms with Crippen LogP contribution in [0.5, 0.6) is 0 Å². The van der Waals surface area contributed by atoms with Gasteiger partial charge in [-0.1, -0.05) is 41.6 Å². The third kappa shape index (κ3) is 3.39. The fraction of sp³-hybridized carbons (Fsp3) is 0.217. The molecule has 4 aromatic rings. The lowest BCUT2D eigenvalue weighted by molar-refractivity contribution is -0.117. The maximum absolute atomic E-state index is 12.6. The zero-order chi connectivity index (χ0) is 20.7. The fourth-order valence-corrected chi connectivity index (χ4v) is 3.93. The molecule has 1 aliphatic heterocycles. The monoisotopic (exact) mass is 399 g/mol. The second kappa shape index (κ2) is 7.26. The van der Waals surface area contributed by atoms with Crippen LogP contribution in [0.1, 0.15) is 29.3 Å². The molecule has 5 rings (SSSR count). The normalized spacial score (nSPS) is 16.4. The number of benzene rings is 2. The van der Waals surface area contributed by atoms with E-state index < -0.39 is 0 Å². The number of aryl methyl sites for hydroxylation is 2. The SMILES string of the molecule is Cc1cc(C)cc(N2CC(c3noc(-c4cc(-c5ccccc5)n[nH]4)n3)CC2=O)c1. The van der Waals surface area contributed by atoms with E-state index in [1.165, 1.54) is 0 Å². The van der Waals surface area contributed by atoms with Crippen molar-refractivity contribution in [3.8, 4) is 22.8 Å². The minimum Gasteiger partial charge on any atom is -0.332 e. The average Bonchev–Trinajstić information content (AvgIpc) is 3.47. The molecule has 1 unspecified atom stereocenters. The summed E-state index contributed by atoms with van der Waals surface area (Å²) in [4.78, 5) is 19.0. The van der Waals surface area contributed by atoms with Crippen LogP contribution in [0.3, 0.4) is 0 Å². The van der Waals surface area contributed by atoms with Gasteiger partial charge in [-0.2, -0.15) is 10.1 Å². The van der Waals surface area contributed by atoms with E-state index >= 15 is 0 Å². The molecule has 0 spiro atoms. The number of H-pyrrole nitrogens is 1. The van der Waals surface area contributed by atoms with Crippen molar-refractivity contribution < 1.29 is 9.32 Å². The minimum absolute atomic E-state index is 0.0734. The van der Waals surface area contributed by atoms with Gasteiger partial charge in [-0.25, -0.2) is 0 Å². The standard InChI is InChI=1S/C23H21N5O2/c1-14-8-15(2)10-18(9-14)28-13-17(11-21(28)29)22-24-23(30-27-22)20-12-19(25-26-20)16-6-4-3-5-7-16/h3-10,12,17H,11,13H2,1-2H3,(H,25,26). The molecular formula is C23H21N5O2. The first-order valence-electron chi connectivity index (χ1n) is 9.90. The maximum atomic E-state index is 12.6. The van der Waals surface area contributed by atoms with Crippen LogP contribution >= 0.6 is 0 Å². The Morgan fingerprint density at radius 3 is 2.60 bits per heavy atom. The molecule has 1 aliphatic rings. The molecule has 0 bridgehead atoms. The summed E-state index contributed by atoms with van der Waals surface area (Å²) < 4.78 is 5.46. The number of carbonyl (C=O) groups is 1. The van der Waals surface area contributed by atoms with E-state index in [0.29, 0.717) is 30.4 Å². The number of aromatic amines is 1. The zero-order valence-corrected chi connectivity index (χ0v) is 16.8. The molecule has 7 nitrogen and oxygen atoms in total. The molecule has 3 heterocycles. The Labute approximate surface area is 173 Å². The van der Waals surface area contributed by atoms with Crippen LogP contribution < -0.4 is 4.90 Å². The smallest absolute Gasteiger partial charge is 0.275 e. The van der Waals surface area contributed by atoms with Crippen LogP contribution in [-0.2, 0) is 4.79 Å². The number of carbonyl (C=O) groups excluding carboxylic acids is 1. The van der Waals surface area contributed by atoms with Crippen LogP contribution in [0.25, 0.3) is 22.8 Å². The highest BCUT2D eigenvalue weighted by Gasteiger charge is 2.35. The van der Waals surface area contributed by atoms with Crippen LogP contribution in [-0.4, -0.2) is 32.8 Å². The Balaban J connectivity index is 1.36. The average molecular weight is 399 g/mol. The fourth-order valence-electron chi connectivity index (χ4n) is 3.93. The third-order valence-corrected chi connectivity index (χ3v) is 5.33. The summed E-state index contributed by atoms with van der Waals surface area (Å²) in [5, 5.41) is 11.4. The van der Waals surface area contributed by atoms with Crippen LogP contribution in [0.4, 0.5) is 5.69 Å². The number of hydrogen-bond acceptors (Lipinski definition) is 5. The molecule has 0 saturated carbocycles. The van der Waals surface area contributed by atoms with Crippen molar-refractivity contribution in [1.82, 2.24) is 20.3 Å². The molecular weight excluding hydrogens is 378 g/mol. The summed E-state index contributed by atoms with van der Waals surface area (Å²) in [7, 11) is 0. The first-order chi connectivity index (χ1) is 14.6. The lowest BCUT2D eigenvalue weighted by Gasteiger charge is -2.17. The van der Waals surface area contributed by atoms with Crippen LogP contribution in [0, 0.1) is 13.8 Å². The van der Waals surface area contributed by atoms with Crippen LogP contribution in [0.2, 0.25) is 0 Å². The van der Waals surface area contributed by atoms with Crippen molar-refractivity contribution in [2.75, 3.05) is 11.4 Å². The number of aromatic nitrogens is 4. The first-order valence-corrected chi connectivity index (χ1v) is 9.90. The van der Waals surface area contributed by atoms with Gasteiger partial charge in [-0.15, -0.1) is 0 Å². The summed E-state index contributed by atoms with van der Waals surface area (Å²) in [5.74, 6) is 0.884. The number of anilines is 1. The third-order valence-electron chi connectivity index (χ3n) is 5.33. The molecule has 2 aromatic carbocycles. The molecule has 1 saturated heterocycles. The van der Waals surface area contributed by atoms with Crippen molar-refractivity contribution in [3.05, 3.63) is 71.5 Å². The number of amides is 1. The number of rotatable bonds is 4. The summed E-state index contributed by atoms with van der Waals surface area (Å²) in [6.07, 6.45) is 0.365. The molecule has 2 aromatic heterocycles. The van der Waals surface area contributed by atoms with Gasteiger partial charge in [0, 0.05) is 30.1 Å². The quantitative estimate of drug-likeness (QED) is 0.554. The predicted molar refractivity (Wildman–Crippen MR) is 113 cm³/mol. The zero-order valence-electron chi connectivity index (χ0n) is 16.8. The molecule has 0 radical (unpaired) electrons. The van der Waals surface area contributed by atoms with Gasteiger partial charge in [0.15, 0.2) is 5.82 Å². The molecule has 1 N–H and O–H groups in total. The number of nitrogens with zero attached hydrogens (tertiary/aromatic N) is 4. The van der Waals surface area contributed by atoms with E-state index in [0.717, 1.165) is 28.1 Å². The summed E-state index contributed by atoms with van der Waals surface area (Å²) >= 11 is 0. The van der Waals surface area contributed by atoms with Crippen molar-refractivity contribution >= 4 is 11.6 Å². The van der Waals surface area contributed by atoms with Gasteiger partial charge in [0.25, 0.3) is 5.89 Å². The van der Waals surface area contributed by atoms with E-state index in [1.54, 1.807) is 0 Å². The largest absolute Gasteiger partial charge is 0.332 e. The molecule has 0 aliphatic carbocycles. The minimum atomic E-state index is -0.104. The van der Waals surface area contributed by atoms with Crippen molar-refractivity contribution in [2.45, 2.75) is 26.2 Å². The highest BCUT2D eigenvalue weighted by atomic mass is 16.5. The predicted octanol–water partition coefficient (Wildman–Crippen LogP) is 4.26. The Kier molecular flexibility index (Phi) is 4.43. The molecule has 1 amide bonds. The molecule has 1 atom stereocenters. The lowest BCUT2D eigenvalue weighted by Crippen LogP contribution is -2.24. The summed E-state index contributed by atoms with van der Waals surface area (Å²) in [6, 6.07) is 17.9. The van der Waals surface area contributed by atoms with E-state index in [9.17, 15) is 4.79 Å². The summed E-state index contributed by atoms with van der Waals surface area (Å²) in [5.41, 5.74) is 5.66. The second-order valence-electron chi connectivity index (χ2n) is 7.74. The van der Waals surface area contributed by atoms with Gasteiger partial charge in [0.05, 0.1) is 5.69 Å². The van der Waals surface area contributed by atoms with E-state index in [2.05, 4.69) is 26.4 Å². The van der Waals surface area contributed by atoms with Crippen molar-refractivity contribution in [1.29, 1.82) is 0 Å². The Bertz CT molecular complexity index is 1190. The highest BCUT2D eigenvalue weighted by molar-refractivity contribution is 5.96. The van der Waals surface area contributed by atoms with Gasteiger partial charge in [-0.3, -0.25) is 9.89 Å². The molecule has 30 heavy (non-hydrogen) atoms. The number of nitrogens with one attached hydrogen (secondary N) is 1. The van der Waals surface area contributed by atoms with Gasteiger partial charge in [0.2, 0.25) is 5.91 Å². The van der Waals surface area contributed by atoms with Crippen molar-refractivity contribution in [3.63, 3.8) is 0 Å². The van der Waals surface area contributed by atoms with E-state index in [1.807, 2.05) is 67.3 Å². The Morgan fingerprint density at radius 2 is 1.83 bits per heavy atom. The van der Waals surface area contributed by atoms with Crippen LogP contribution in [0.15, 0.2) is 59.1 Å². The van der Waals surface area contributed by atoms with Crippen molar-refractivity contribution in [2.24, 2.45) is 0 Å².